The number of halogens is 1. The van der Waals surface area contributed by atoms with Crippen LogP contribution in [0.25, 0.3) is 0 Å². The predicted octanol–water partition coefficient (Wildman–Crippen LogP) is 3.09. The molecular formula is C14H12ClN3O2S. The van der Waals surface area contributed by atoms with Gasteiger partial charge in [-0.3, -0.25) is 5.32 Å². The summed E-state index contributed by atoms with van der Waals surface area (Å²) in [4.78, 5) is 16.5. The van der Waals surface area contributed by atoms with E-state index in [0.717, 1.165) is 5.56 Å². The number of anilines is 2. The van der Waals surface area contributed by atoms with E-state index in [0.29, 0.717) is 20.7 Å². The highest BCUT2D eigenvalue weighted by molar-refractivity contribution is 7.16. The molecule has 0 fully saturated rings. The minimum Gasteiger partial charge on any atom is -0.384 e. The highest BCUT2D eigenvalue weighted by Gasteiger charge is 2.07. The number of aromatic nitrogens is 1. The van der Waals surface area contributed by atoms with Crippen LogP contribution in [0.1, 0.15) is 10.4 Å². The molecule has 0 bridgehead atoms. The number of aliphatic hydroxyl groups is 1. The second kappa shape index (κ2) is 7.09. The standard InChI is InChI=1S/C14H12ClN3O2S/c1-9-4-5-10(7-12(9)15)17-13(20)18-14-16-8-11(21-14)3-2-6-19/h4-5,7-8,19H,6H2,1H3,(H2,16,17,18,20). The summed E-state index contributed by atoms with van der Waals surface area (Å²) >= 11 is 7.22. The van der Waals surface area contributed by atoms with E-state index in [2.05, 4.69) is 27.5 Å². The van der Waals surface area contributed by atoms with E-state index in [1.165, 1.54) is 17.5 Å². The van der Waals surface area contributed by atoms with E-state index < -0.39 is 6.03 Å². The topological polar surface area (TPSA) is 74.2 Å². The number of rotatable bonds is 2. The molecule has 0 saturated carbocycles. The van der Waals surface area contributed by atoms with E-state index in [9.17, 15) is 4.79 Å². The van der Waals surface area contributed by atoms with Gasteiger partial charge in [0.2, 0.25) is 0 Å². The first-order chi connectivity index (χ1) is 10.1. The Bertz CT molecular complexity index is 718. The van der Waals surface area contributed by atoms with Crippen molar-refractivity contribution in [3.05, 3.63) is 39.9 Å². The van der Waals surface area contributed by atoms with Crippen molar-refractivity contribution in [1.29, 1.82) is 0 Å². The lowest BCUT2D eigenvalue weighted by molar-refractivity contribution is 0.262. The molecule has 1 heterocycles. The van der Waals surface area contributed by atoms with Crippen LogP contribution >= 0.6 is 22.9 Å². The molecule has 21 heavy (non-hydrogen) atoms. The lowest BCUT2D eigenvalue weighted by atomic mass is 10.2. The van der Waals surface area contributed by atoms with Crippen molar-refractivity contribution >= 4 is 39.8 Å². The van der Waals surface area contributed by atoms with E-state index in [1.54, 1.807) is 12.1 Å². The van der Waals surface area contributed by atoms with Gasteiger partial charge in [0.05, 0.1) is 11.1 Å². The molecule has 0 saturated heterocycles. The summed E-state index contributed by atoms with van der Waals surface area (Å²) in [7, 11) is 0. The molecule has 0 unspecified atom stereocenters. The first-order valence-corrected chi connectivity index (χ1v) is 7.17. The van der Waals surface area contributed by atoms with Crippen LogP contribution < -0.4 is 10.6 Å². The van der Waals surface area contributed by atoms with Crippen LogP contribution in [-0.4, -0.2) is 22.7 Å². The van der Waals surface area contributed by atoms with Gasteiger partial charge in [0.1, 0.15) is 6.61 Å². The predicted molar refractivity (Wildman–Crippen MR) is 84.9 cm³/mol. The molecule has 0 spiro atoms. The Morgan fingerprint density at radius 2 is 2.29 bits per heavy atom. The molecule has 1 aromatic carbocycles. The molecule has 7 heteroatoms. The summed E-state index contributed by atoms with van der Waals surface area (Å²) in [5, 5.41) is 14.9. The highest BCUT2D eigenvalue weighted by atomic mass is 35.5. The number of carbonyl (C=O) groups excluding carboxylic acids is 1. The fourth-order valence-corrected chi connectivity index (χ4v) is 2.31. The molecule has 2 aromatic rings. The van der Waals surface area contributed by atoms with Crippen LogP contribution in [0.5, 0.6) is 0 Å². The largest absolute Gasteiger partial charge is 0.384 e. The van der Waals surface area contributed by atoms with Crippen molar-refractivity contribution in [3.8, 4) is 11.8 Å². The normalized spacial score (nSPS) is 9.67. The average molecular weight is 322 g/mol. The fraction of sp³-hybridized carbons (Fsp3) is 0.143. The first-order valence-electron chi connectivity index (χ1n) is 5.98. The third kappa shape index (κ3) is 4.46. The second-order valence-corrected chi connectivity index (χ2v) is 5.47. The Morgan fingerprint density at radius 1 is 1.48 bits per heavy atom. The fourth-order valence-electron chi connectivity index (χ4n) is 1.45. The molecule has 5 nitrogen and oxygen atoms in total. The minimum absolute atomic E-state index is 0.213. The number of urea groups is 1. The lowest BCUT2D eigenvalue weighted by Crippen LogP contribution is -2.19. The van der Waals surface area contributed by atoms with Crippen LogP contribution in [0.15, 0.2) is 24.4 Å². The number of carbonyl (C=O) groups is 1. The molecule has 0 atom stereocenters. The quantitative estimate of drug-likeness (QED) is 0.744. The van der Waals surface area contributed by atoms with Gasteiger partial charge in [0.25, 0.3) is 0 Å². The summed E-state index contributed by atoms with van der Waals surface area (Å²) < 4.78 is 0. The maximum Gasteiger partial charge on any atom is 0.325 e. The van der Waals surface area contributed by atoms with Gasteiger partial charge in [-0.25, -0.2) is 9.78 Å². The van der Waals surface area contributed by atoms with Crippen molar-refractivity contribution in [2.45, 2.75) is 6.92 Å². The molecule has 2 rings (SSSR count). The summed E-state index contributed by atoms with van der Waals surface area (Å²) in [6.45, 7) is 1.67. The van der Waals surface area contributed by atoms with Crippen molar-refractivity contribution in [3.63, 3.8) is 0 Å². The number of hydrogen-bond acceptors (Lipinski definition) is 4. The Labute approximate surface area is 131 Å². The molecule has 1 aromatic heterocycles. The van der Waals surface area contributed by atoms with Gasteiger partial charge in [-0.1, -0.05) is 40.8 Å². The van der Waals surface area contributed by atoms with Crippen molar-refractivity contribution in [2.24, 2.45) is 0 Å². The summed E-state index contributed by atoms with van der Waals surface area (Å²) in [6.07, 6.45) is 1.53. The lowest BCUT2D eigenvalue weighted by Gasteiger charge is -2.06. The maximum absolute atomic E-state index is 11.8. The van der Waals surface area contributed by atoms with Crippen LogP contribution in [0.3, 0.4) is 0 Å². The number of aryl methyl sites for hydroxylation is 1. The van der Waals surface area contributed by atoms with Gasteiger partial charge in [0.15, 0.2) is 5.13 Å². The molecule has 108 valence electrons. The van der Waals surface area contributed by atoms with Crippen LogP contribution in [0.4, 0.5) is 15.6 Å². The Hall–Kier alpha value is -2.07. The Kier molecular flexibility index (Phi) is 5.17. The van der Waals surface area contributed by atoms with Crippen molar-refractivity contribution in [2.75, 3.05) is 17.2 Å². The smallest absolute Gasteiger partial charge is 0.325 e. The zero-order valence-electron chi connectivity index (χ0n) is 11.1. The summed E-state index contributed by atoms with van der Waals surface area (Å²) in [5.41, 5.74) is 1.54. The number of nitrogens with zero attached hydrogens (tertiary/aromatic N) is 1. The van der Waals surface area contributed by atoms with Crippen molar-refractivity contribution in [1.82, 2.24) is 4.98 Å². The average Bonchev–Trinajstić information content (AvgIpc) is 2.88. The number of thiazole rings is 1. The van der Waals surface area contributed by atoms with Gasteiger partial charge in [-0.05, 0) is 24.6 Å². The molecule has 0 aliphatic carbocycles. The zero-order valence-corrected chi connectivity index (χ0v) is 12.7. The van der Waals surface area contributed by atoms with Crippen molar-refractivity contribution < 1.29 is 9.90 Å². The molecular weight excluding hydrogens is 310 g/mol. The van der Waals surface area contributed by atoms with Crippen LogP contribution in [0.2, 0.25) is 5.02 Å². The summed E-state index contributed by atoms with van der Waals surface area (Å²) in [5.74, 6) is 5.23. The van der Waals surface area contributed by atoms with E-state index in [4.69, 9.17) is 16.7 Å². The van der Waals surface area contributed by atoms with E-state index in [-0.39, 0.29) is 6.61 Å². The van der Waals surface area contributed by atoms with Gasteiger partial charge in [-0.2, -0.15) is 0 Å². The SMILES string of the molecule is Cc1ccc(NC(=O)Nc2ncc(C#CCO)s2)cc1Cl. The van der Waals surface area contributed by atoms with Crippen LogP contribution in [-0.2, 0) is 0 Å². The maximum atomic E-state index is 11.8. The zero-order chi connectivity index (χ0) is 15.2. The minimum atomic E-state index is -0.411. The number of amides is 2. The number of hydrogen-bond donors (Lipinski definition) is 3. The van der Waals surface area contributed by atoms with Crippen LogP contribution in [0, 0.1) is 18.8 Å². The molecule has 2 amide bonds. The monoisotopic (exact) mass is 321 g/mol. The molecule has 0 aliphatic heterocycles. The highest BCUT2D eigenvalue weighted by Crippen LogP contribution is 2.21. The summed E-state index contributed by atoms with van der Waals surface area (Å²) in [6, 6.07) is 4.85. The van der Waals surface area contributed by atoms with Gasteiger partial charge >= 0.3 is 6.03 Å². The molecule has 0 radical (unpaired) electrons. The van der Waals surface area contributed by atoms with Gasteiger partial charge in [0, 0.05) is 10.7 Å². The molecule has 3 N–H and O–H groups in total. The Morgan fingerprint density at radius 3 is 3.00 bits per heavy atom. The van der Waals surface area contributed by atoms with E-state index in [1.807, 2.05) is 13.0 Å². The number of aliphatic hydroxyl groups excluding tert-OH is 1. The molecule has 0 aliphatic rings. The second-order valence-electron chi connectivity index (χ2n) is 4.03. The number of nitrogens with one attached hydrogen (secondary N) is 2. The number of benzene rings is 1. The van der Waals surface area contributed by atoms with Gasteiger partial charge < -0.3 is 10.4 Å². The first kappa shape index (κ1) is 15.3. The van der Waals surface area contributed by atoms with E-state index >= 15 is 0 Å². The van der Waals surface area contributed by atoms with Gasteiger partial charge in [-0.15, -0.1) is 0 Å². The third-order valence-corrected chi connectivity index (χ3v) is 3.68. The Balaban J connectivity index is 1.98. The third-order valence-electron chi connectivity index (χ3n) is 2.45.